The third kappa shape index (κ3) is 2.68. The van der Waals surface area contributed by atoms with E-state index in [0.717, 1.165) is 23.5 Å². The van der Waals surface area contributed by atoms with E-state index in [1.807, 2.05) is 29.2 Å². The first-order valence-electron chi connectivity index (χ1n) is 6.36. The van der Waals surface area contributed by atoms with Gasteiger partial charge in [-0.05, 0) is 19.4 Å². The van der Waals surface area contributed by atoms with Crippen LogP contribution in [-0.4, -0.2) is 42.4 Å². The van der Waals surface area contributed by atoms with E-state index in [9.17, 15) is 8.42 Å². The zero-order valence-corrected chi connectivity index (χ0v) is 12.4. The summed E-state index contributed by atoms with van der Waals surface area (Å²) < 4.78 is 25.1. The predicted octanol–water partition coefficient (Wildman–Crippen LogP) is 0.961. The Morgan fingerprint density at radius 1 is 1.63 bits per heavy atom. The maximum absolute atomic E-state index is 11.6. The molecule has 1 fully saturated rings. The Kier molecular flexibility index (Phi) is 3.36. The number of thiazole rings is 1. The number of rotatable bonds is 4. The number of nitrogens with zero attached hydrogens (tertiary/aromatic N) is 2. The van der Waals surface area contributed by atoms with Crippen molar-refractivity contribution in [1.29, 1.82) is 0 Å². The molecule has 0 saturated carbocycles. The van der Waals surface area contributed by atoms with Gasteiger partial charge in [-0.1, -0.05) is 0 Å². The Morgan fingerprint density at radius 3 is 3.11 bits per heavy atom. The SMILES string of the molecule is CNC(Cc1cn2ccsc2n1)C1CCS(=O)(=O)C1. The first-order chi connectivity index (χ1) is 9.07. The lowest BCUT2D eigenvalue weighted by atomic mass is 9.95. The van der Waals surface area contributed by atoms with Crippen molar-refractivity contribution in [2.75, 3.05) is 18.6 Å². The summed E-state index contributed by atoms with van der Waals surface area (Å²) in [7, 11) is -0.923. The molecule has 104 valence electrons. The summed E-state index contributed by atoms with van der Waals surface area (Å²) in [6, 6.07) is 0.182. The number of likely N-dealkylation sites (N-methyl/N-ethyl adjacent to an activating group) is 1. The summed E-state index contributed by atoms with van der Waals surface area (Å²) in [6.45, 7) is 0. The highest BCUT2D eigenvalue weighted by molar-refractivity contribution is 7.91. The monoisotopic (exact) mass is 299 g/mol. The van der Waals surface area contributed by atoms with Crippen molar-refractivity contribution < 1.29 is 8.42 Å². The Balaban J connectivity index is 1.75. The molecule has 5 nitrogen and oxygen atoms in total. The van der Waals surface area contributed by atoms with Gasteiger partial charge in [0.15, 0.2) is 14.8 Å². The lowest BCUT2D eigenvalue weighted by molar-refractivity contribution is 0.400. The molecule has 1 saturated heterocycles. The lowest BCUT2D eigenvalue weighted by Gasteiger charge is -2.20. The zero-order chi connectivity index (χ0) is 13.5. The highest BCUT2D eigenvalue weighted by Gasteiger charge is 2.33. The first kappa shape index (κ1) is 13.1. The zero-order valence-electron chi connectivity index (χ0n) is 10.7. The normalized spacial score (nSPS) is 23.9. The Bertz CT molecular complexity index is 646. The quantitative estimate of drug-likeness (QED) is 0.913. The second-order valence-corrected chi connectivity index (χ2v) is 8.19. The van der Waals surface area contributed by atoms with E-state index in [0.29, 0.717) is 11.5 Å². The van der Waals surface area contributed by atoms with E-state index in [1.165, 1.54) is 0 Å². The molecule has 1 N–H and O–H groups in total. The third-order valence-corrected chi connectivity index (χ3v) is 6.34. The van der Waals surface area contributed by atoms with Crippen LogP contribution >= 0.6 is 11.3 Å². The van der Waals surface area contributed by atoms with Gasteiger partial charge in [0.2, 0.25) is 0 Å². The number of fused-ring (bicyclic) bond motifs is 1. The van der Waals surface area contributed by atoms with Gasteiger partial charge in [-0.25, -0.2) is 13.4 Å². The standard InChI is InChI=1S/C12H17N3O2S2/c1-13-11(9-2-5-19(16,17)8-9)6-10-7-15-3-4-18-12(15)14-10/h3-4,7,9,11,13H,2,5-6,8H2,1H3. The van der Waals surface area contributed by atoms with Gasteiger partial charge in [-0.3, -0.25) is 4.40 Å². The van der Waals surface area contributed by atoms with Gasteiger partial charge in [-0.15, -0.1) is 11.3 Å². The van der Waals surface area contributed by atoms with Crippen LogP contribution in [0.2, 0.25) is 0 Å². The Morgan fingerprint density at radius 2 is 2.47 bits per heavy atom. The number of nitrogens with one attached hydrogen (secondary N) is 1. The van der Waals surface area contributed by atoms with Gasteiger partial charge in [-0.2, -0.15) is 0 Å². The molecule has 2 aromatic rings. The van der Waals surface area contributed by atoms with Gasteiger partial charge in [0.1, 0.15) is 0 Å². The van der Waals surface area contributed by atoms with Crippen molar-refractivity contribution in [3.63, 3.8) is 0 Å². The van der Waals surface area contributed by atoms with E-state index < -0.39 is 9.84 Å². The minimum atomic E-state index is -2.82. The van der Waals surface area contributed by atoms with Gasteiger partial charge in [0, 0.05) is 30.2 Å². The Labute approximate surface area is 116 Å². The fourth-order valence-corrected chi connectivity index (χ4v) is 5.34. The van der Waals surface area contributed by atoms with E-state index in [2.05, 4.69) is 10.3 Å². The second kappa shape index (κ2) is 4.88. The second-order valence-electron chi connectivity index (χ2n) is 5.09. The number of hydrogen-bond donors (Lipinski definition) is 1. The molecule has 0 amide bonds. The molecule has 2 aromatic heterocycles. The summed E-state index contributed by atoms with van der Waals surface area (Å²) in [5.74, 6) is 0.837. The van der Waals surface area contributed by atoms with Crippen molar-refractivity contribution in [3.8, 4) is 0 Å². The molecule has 0 radical (unpaired) electrons. The predicted molar refractivity (Wildman–Crippen MR) is 76.4 cm³/mol. The van der Waals surface area contributed by atoms with Crippen LogP contribution in [0, 0.1) is 5.92 Å². The molecule has 3 heterocycles. The molecule has 0 bridgehead atoms. The summed E-state index contributed by atoms with van der Waals surface area (Å²) in [6.07, 6.45) is 5.56. The van der Waals surface area contributed by atoms with Crippen LogP contribution in [0.5, 0.6) is 0 Å². The fourth-order valence-electron chi connectivity index (χ4n) is 2.75. The van der Waals surface area contributed by atoms with Crippen LogP contribution in [0.1, 0.15) is 12.1 Å². The molecule has 2 unspecified atom stereocenters. The smallest absolute Gasteiger partial charge is 0.193 e. The van der Waals surface area contributed by atoms with Crippen LogP contribution in [0.15, 0.2) is 17.8 Å². The molecule has 1 aliphatic heterocycles. The number of sulfone groups is 1. The molecular weight excluding hydrogens is 282 g/mol. The lowest BCUT2D eigenvalue weighted by Crippen LogP contribution is -2.36. The molecule has 2 atom stereocenters. The molecule has 0 spiro atoms. The molecule has 0 aromatic carbocycles. The first-order valence-corrected chi connectivity index (χ1v) is 9.06. The van der Waals surface area contributed by atoms with Gasteiger partial charge >= 0.3 is 0 Å². The van der Waals surface area contributed by atoms with Crippen molar-refractivity contribution in [2.24, 2.45) is 5.92 Å². The van der Waals surface area contributed by atoms with Crippen molar-refractivity contribution in [2.45, 2.75) is 18.9 Å². The number of hydrogen-bond acceptors (Lipinski definition) is 5. The fraction of sp³-hybridized carbons (Fsp3) is 0.583. The minimum Gasteiger partial charge on any atom is -0.316 e. The molecule has 3 rings (SSSR count). The van der Waals surface area contributed by atoms with Crippen LogP contribution in [0.3, 0.4) is 0 Å². The van der Waals surface area contributed by atoms with Crippen molar-refractivity contribution >= 4 is 26.1 Å². The van der Waals surface area contributed by atoms with Crippen LogP contribution in [0.4, 0.5) is 0 Å². The Hall–Kier alpha value is -0.920. The average Bonchev–Trinajstić information content (AvgIpc) is 2.99. The van der Waals surface area contributed by atoms with Gasteiger partial charge < -0.3 is 5.32 Å². The largest absolute Gasteiger partial charge is 0.316 e. The molecule has 1 aliphatic rings. The highest BCUT2D eigenvalue weighted by atomic mass is 32.2. The van der Waals surface area contributed by atoms with Crippen LogP contribution in [-0.2, 0) is 16.3 Å². The van der Waals surface area contributed by atoms with Crippen LogP contribution in [0.25, 0.3) is 4.96 Å². The number of aromatic nitrogens is 2. The minimum absolute atomic E-state index is 0.182. The van der Waals surface area contributed by atoms with Gasteiger partial charge in [0.25, 0.3) is 0 Å². The molecule has 19 heavy (non-hydrogen) atoms. The summed E-state index contributed by atoms with van der Waals surface area (Å²) in [5, 5.41) is 5.26. The van der Waals surface area contributed by atoms with E-state index in [4.69, 9.17) is 0 Å². The molecular formula is C12H17N3O2S2. The summed E-state index contributed by atoms with van der Waals surface area (Å²) in [4.78, 5) is 5.55. The number of imidazole rings is 1. The maximum atomic E-state index is 11.6. The third-order valence-electron chi connectivity index (χ3n) is 3.78. The van der Waals surface area contributed by atoms with E-state index in [-0.39, 0.29) is 12.0 Å². The molecule has 0 aliphatic carbocycles. The summed E-state index contributed by atoms with van der Waals surface area (Å²) in [5.41, 5.74) is 1.02. The summed E-state index contributed by atoms with van der Waals surface area (Å²) >= 11 is 1.61. The van der Waals surface area contributed by atoms with Crippen LogP contribution < -0.4 is 5.32 Å². The van der Waals surface area contributed by atoms with Crippen molar-refractivity contribution in [3.05, 3.63) is 23.5 Å². The van der Waals surface area contributed by atoms with Crippen molar-refractivity contribution in [1.82, 2.24) is 14.7 Å². The average molecular weight is 299 g/mol. The van der Waals surface area contributed by atoms with Gasteiger partial charge in [0.05, 0.1) is 17.2 Å². The maximum Gasteiger partial charge on any atom is 0.193 e. The molecule has 7 heteroatoms. The van der Waals surface area contributed by atoms with E-state index >= 15 is 0 Å². The topological polar surface area (TPSA) is 63.5 Å². The highest BCUT2D eigenvalue weighted by Crippen LogP contribution is 2.24. The van der Waals surface area contributed by atoms with E-state index in [1.54, 1.807) is 11.3 Å².